The number of nitrogens with zero attached hydrogens (tertiary/aromatic N) is 5. The fraction of sp³-hybridized carbons (Fsp3) is 0.324. The van der Waals surface area contributed by atoms with E-state index in [2.05, 4.69) is 77.9 Å². The third-order valence-corrected chi connectivity index (χ3v) is 9.22. The number of fused-ring (bicyclic) bond motifs is 9. The van der Waals surface area contributed by atoms with Gasteiger partial charge in [0, 0.05) is 17.0 Å². The Labute approximate surface area is 262 Å². The minimum Gasteiger partial charge on any atom is -0.657 e. The van der Waals surface area contributed by atoms with E-state index in [1.54, 1.807) is 0 Å². The molecule has 6 aromatic rings. The van der Waals surface area contributed by atoms with Crippen LogP contribution >= 0.6 is 0 Å². The summed E-state index contributed by atoms with van der Waals surface area (Å²) in [6, 6.07) is 13.0. The summed E-state index contributed by atoms with van der Waals surface area (Å²) in [4.78, 5) is 25.9. The van der Waals surface area contributed by atoms with Gasteiger partial charge in [0.25, 0.3) is 0 Å². The Kier molecular flexibility index (Phi) is 7.77. The molecule has 0 atom stereocenters. The van der Waals surface area contributed by atoms with Crippen molar-refractivity contribution in [3.8, 4) is 0 Å². The van der Waals surface area contributed by atoms with E-state index in [1.807, 2.05) is 6.20 Å². The molecular weight excluding hydrogens is 573 g/mol. The van der Waals surface area contributed by atoms with Crippen LogP contribution in [0.5, 0.6) is 0 Å². The van der Waals surface area contributed by atoms with E-state index in [0.717, 1.165) is 105 Å². The molecule has 0 amide bonds. The molecule has 5 nitrogen and oxygen atoms in total. The van der Waals surface area contributed by atoms with Crippen molar-refractivity contribution in [3.05, 3.63) is 76.2 Å². The van der Waals surface area contributed by atoms with Crippen LogP contribution in [0.1, 0.15) is 88.0 Å². The second-order valence-corrected chi connectivity index (χ2v) is 11.2. The van der Waals surface area contributed by atoms with Crippen molar-refractivity contribution in [1.82, 2.24) is 24.9 Å². The second kappa shape index (κ2) is 11.4. The molecule has 1 aliphatic rings. The van der Waals surface area contributed by atoms with E-state index in [4.69, 9.17) is 24.9 Å². The van der Waals surface area contributed by atoms with E-state index in [0.29, 0.717) is 0 Å². The van der Waals surface area contributed by atoms with Crippen molar-refractivity contribution < 1.29 is 16.5 Å². The summed E-state index contributed by atoms with van der Waals surface area (Å²) in [5.41, 5.74) is 16.9. The maximum Gasteiger partial charge on any atom is 2.00 e. The molecule has 6 heterocycles. The van der Waals surface area contributed by atoms with Gasteiger partial charge in [0.2, 0.25) is 0 Å². The van der Waals surface area contributed by atoms with Crippen LogP contribution in [0.4, 0.5) is 0 Å². The molecule has 8 bridgehead atoms. The molecule has 5 aromatic heterocycles. The molecule has 1 aromatic carbocycles. The first-order chi connectivity index (χ1) is 20.5. The van der Waals surface area contributed by atoms with Crippen LogP contribution in [0.3, 0.4) is 0 Å². The van der Waals surface area contributed by atoms with Gasteiger partial charge in [0.1, 0.15) is 0 Å². The Bertz CT molecular complexity index is 2160. The summed E-state index contributed by atoms with van der Waals surface area (Å²) in [7, 11) is 0. The zero-order chi connectivity index (χ0) is 29.1. The standard InChI is InChI=1S/C37H37N5.Ni/c1-7-20-22(9-3)31-18-33-24(11-5)25(12-6)36(41-33)27-13-14-28-35-26(15-16-38-28)34(42-37(27)35)19-32-23(10-4)21(8-2)30(40-32)17-29(20)39-31;/h13-19H,7-12H2,1-6H3;/q-2;+2. The minimum absolute atomic E-state index is 0. The maximum atomic E-state index is 5.36. The molecule has 0 spiro atoms. The van der Waals surface area contributed by atoms with Crippen molar-refractivity contribution in [2.45, 2.75) is 80.1 Å². The summed E-state index contributed by atoms with van der Waals surface area (Å²) in [5.74, 6) is 0. The summed E-state index contributed by atoms with van der Waals surface area (Å²) in [6.45, 7) is 13.4. The van der Waals surface area contributed by atoms with Crippen LogP contribution in [0, 0.1) is 0 Å². The zero-order valence-corrected chi connectivity index (χ0v) is 26.8. The van der Waals surface area contributed by atoms with Crippen molar-refractivity contribution in [1.29, 1.82) is 0 Å². The molecule has 0 aliphatic carbocycles. The van der Waals surface area contributed by atoms with Gasteiger partial charge >= 0.3 is 16.5 Å². The fourth-order valence-electron chi connectivity index (χ4n) is 7.30. The number of benzene rings is 1. The molecule has 0 saturated carbocycles. The molecular formula is C37H37N5Ni. The normalized spacial score (nSPS) is 12.7. The average molecular weight is 610 g/mol. The molecule has 6 heteroatoms. The van der Waals surface area contributed by atoms with Gasteiger partial charge < -0.3 is 9.97 Å². The van der Waals surface area contributed by atoms with Gasteiger partial charge in [-0.15, -0.1) is 22.1 Å². The van der Waals surface area contributed by atoms with E-state index in [-0.39, 0.29) is 16.5 Å². The number of aryl methyl sites for hydroxylation is 4. The molecule has 1 aliphatic heterocycles. The minimum atomic E-state index is 0. The molecule has 0 unspecified atom stereocenters. The molecule has 7 rings (SSSR count). The van der Waals surface area contributed by atoms with Gasteiger partial charge in [0.05, 0.1) is 27.9 Å². The summed E-state index contributed by atoms with van der Waals surface area (Å²) < 4.78 is 0. The molecule has 0 N–H and O–H groups in total. The number of rotatable bonds is 6. The summed E-state index contributed by atoms with van der Waals surface area (Å²) >= 11 is 0. The van der Waals surface area contributed by atoms with Crippen LogP contribution in [0.25, 0.3) is 65.9 Å². The van der Waals surface area contributed by atoms with Crippen LogP contribution < -0.4 is 9.97 Å². The van der Waals surface area contributed by atoms with E-state index in [9.17, 15) is 0 Å². The number of pyridine rings is 1. The Hall–Kier alpha value is -3.76. The Morgan fingerprint density at radius 1 is 0.558 bits per heavy atom. The van der Waals surface area contributed by atoms with Gasteiger partial charge in [-0.25, -0.2) is 9.97 Å². The second-order valence-electron chi connectivity index (χ2n) is 11.2. The number of aromatic nitrogens is 5. The van der Waals surface area contributed by atoms with Crippen molar-refractivity contribution in [2.24, 2.45) is 0 Å². The van der Waals surface area contributed by atoms with Gasteiger partial charge in [-0.05, 0) is 67.2 Å². The molecule has 220 valence electrons. The molecule has 43 heavy (non-hydrogen) atoms. The van der Waals surface area contributed by atoms with E-state index in [1.165, 1.54) is 33.4 Å². The van der Waals surface area contributed by atoms with E-state index < -0.39 is 0 Å². The first-order valence-corrected chi connectivity index (χ1v) is 15.6. The molecule has 0 saturated heterocycles. The topological polar surface area (TPSA) is 66.9 Å². The predicted octanol–water partition coefficient (Wildman–Crippen LogP) is 8.97. The molecule has 0 fully saturated rings. The average Bonchev–Trinajstić information content (AvgIpc) is 3.74. The Morgan fingerprint density at radius 2 is 1.14 bits per heavy atom. The Balaban J connectivity index is 0.00000329. The van der Waals surface area contributed by atoms with Gasteiger partial charge in [-0.3, -0.25) is 4.98 Å². The number of allylic oxidation sites excluding steroid dienone is 2. The zero-order valence-electron chi connectivity index (χ0n) is 25.8. The number of hydrogen-bond acceptors (Lipinski definition) is 3. The van der Waals surface area contributed by atoms with Gasteiger partial charge in [-0.1, -0.05) is 88.1 Å². The largest absolute Gasteiger partial charge is 2.00 e. The Morgan fingerprint density at radius 3 is 1.74 bits per heavy atom. The first kappa shape index (κ1) is 29.3. The maximum absolute atomic E-state index is 5.36. The van der Waals surface area contributed by atoms with Crippen molar-refractivity contribution in [2.75, 3.05) is 0 Å². The van der Waals surface area contributed by atoms with E-state index >= 15 is 0 Å². The van der Waals surface area contributed by atoms with Crippen LogP contribution in [-0.2, 0) is 42.2 Å². The first-order valence-electron chi connectivity index (χ1n) is 15.6. The quantitative estimate of drug-likeness (QED) is 0.176. The smallest absolute Gasteiger partial charge is 0.657 e. The third-order valence-electron chi connectivity index (χ3n) is 9.22. The SMILES string of the molecule is CCC1=C(CC)c2cc3[n-]c(c(CC)c3CC)c3ccc4nccc5c(cc6[n-]c(cc1n2)c(CC)c6CC)nc3c45.[Ni+2]. The predicted molar refractivity (Wildman–Crippen MR) is 177 cm³/mol. The number of hydrogen-bond donors (Lipinski definition) is 0. The van der Waals surface area contributed by atoms with Crippen LogP contribution in [0.2, 0.25) is 0 Å². The van der Waals surface area contributed by atoms with Crippen LogP contribution in [-0.4, -0.2) is 15.0 Å². The summed E-state index contributed by atoms with van der Waals surface area (Å²) in [5, 5.41) is 3.30. The van der Waals surface area contributed by atoms with Gasteiger partial charge in [-0.2, -0.15) is 0 Å². The summed E-state index contributed by atoms with van der Waals surface area (Å²) in [6.07, 6.45) is 7.43. The van der Waals surface area contributed by atoms with Crippen molar-refractivity contribution in [3.63, 3.8) is 0 Å². The fourth-order valence-corrected chi connectivity index (χ4v) is 7.30. The van der Waals surface area contributed by atoms with Gasteiger partial charge in [0.15, 0.2) is 0 Å². The monoisotopic (exact) mass is 609 g/mol. The van der Waals surface area contributed by atoms with Crippen LogP contribution in [0.15, 0.2) is 42.6 Å². The molecule has 0 radical (unpaired) electrons. The third kappa shape index (κ3) is 4.37. The van der Waals surface area contributed by atoms with Crippen molar-refractivity contribution >= 4 is 65.9 Å².